The fourth-order valence-electron chi connectivity index (χ4n) is 1.11. The van der Waals surface area contributed by atoms with Gasteiger partial charge in [0.25, 0.3) is 5.91 Å². The Balaban J connectivity index is 2.97. The van der Waals surface area contributed by atoms with Crippen LogP contribution < -0.4 is 9.64 Å². The highest BCUT2D eigenvalue weighted by atomic mass is 79.9. The number of carbonyl (C=O) groups excluding carboxylic acids is 1. The molecule has 0 unspecified atom stereocenters. The van der Waals surface area contributed by atoms with Gasteiger partial charge in [0.05, 0.1) is 11.6 Å². The summed E-state index contributed by atoms with van der Waals surface area (Å²) in [5.41, 5.74) is 0.696. The largest absolute Gasteiger partial charge is 0.496 e. The zero-order valence-electron chi connectivity index (χ0n) is 8.53. The van der Waals surface area contributed by atoms with Crippen LogP contribution in [0.4, 0.5) is 5.69 Å². The third kappa shape index (κ3) is 2.70. The summed E-state index contributed by atoms with van der Waals surface area (Å²) < 4.78 is 5.83. The molecule has 0 saturated heterocycles. The molecule has 0 aromatic heterocycles. The number of aliphatic hydroxyl groups is 1. The Morgan fingerprint density at radius 3 is 2.73 bits per heavy atom. The molecule has 5 heteroatoms. The van der Waals surface area contributed by atoms with E-state index in [0.29, 0.717) is 11.4 Å². The van der Waals surface area contributed by atoms with Crippen LogP contribution in [0.3, 0.4) is 0 Å². The second-order valence-corrected chi connectivity index (χ2v) is 3.78. The van der Waals surface area contributed by atoms with E-state index in [-0.39, 0.29) is 5.91 Å². The van der Waals surface area contributed by atoms with Crippen LogP contribution in [-0.2, 0) is 4.79 Å². The van der Waals surface area contributed by atoms with Crippen LogP contribution in [0.15, 0.2) is 22.7 Å². The lowest BCUT2D eigenvalue weighted by Crippen LogP contribution is -2.28. The Hall–Kier alpha value is -1.07. The molecule has 0 radical (unpaired) electrons. The molecule has 1 aromatic rings. The van der Waals surface area contributed by atoms with Crippen molar-refractivity contribution in [3.63, 3.8) is 0 Å². The van der Waals surface area contributed by atoms with Crippen molar-refractivity contribution in [3.8, 4) is 5.75 Å². The van der Waals surface area contributed by atoms with Crippen molar-refractivity contribution in [1.82, 2.24) is 0 Å². The number of benzene rings is 1. The molecule has 0 spiro atoms. The summed E-state index contributed by atoms with van der Waals surface area (Å²) in [5.74, 6) is 0.343. The highest BCUT2D eigenvalue weighted by Gasteiger charge is 2.10. The Morgan fingerprint density at radius 2 is 2.27 bits per heavy atom. The summed E-state index contributed by atoms with van der Waals surface area (Å²) in [5, 5.41) is 8.71. The van der Waals surface area contributed by atoms with Gasteiger partial charge in [-0.15, -0.1) is 0 Å². The highest BCUT2D eigenvalue weighted by Crippen LogP contribution is 2.29. The summed E-state index contributed by atoms with van der Waals surface area (Å²) in [4.78, 5) is 12.6. The van der Waals surface area contributed by atoms with Crippen LogP contribution in [0.5, 0.6) is 5.75 Å². The lowest BCUT2D eigenvalue weighted by atomic mass is 10.3. The van der Waals surface area contributed by atoms with Gasteiger partial charge in [-0.1, -0.05) is 0 Å². The Morgan fingerprint density at radius 1 is 1.60 bits per heavy atom. The molecule has 0 heterocycles. The van der Waals surface area contributed by atoms with Crippen molar-refractivity contribution in [3.05, 3.63) is 22.7 Å². The van der Waals surface area contributed by atoms with Gasteiger partial charge < -0.3 is 14.7 Å². The van der Waals surface area contributed by atoms with Gasteiger partial charge in [-0.05, 0) is 34.1 Å². The number of aliphatic hydroxyl groups excluding tert-OH is 1. The van der Waals surface area contributed by atoms with Crippen molar-refractivity contribution in [1.29, 1.82) is 0 Å². The molecular weight excluding hydrogens is 262 g/mol. The summed E-state index contributed by atoms with van der Waals surface area (Å²) in [6, 6.07) is 5.25. The number of ether oxygens (including phenoxy) is 1. The predicted molar refractivity (Wildman–Crippen MR) is 61.2 cm³/mol. The number of rotatable bonds is 3. The monoisotopic (exact) mass is 273 g/mol. The fraction of sp³-hybridized carbons (Fsp3) is 0.300. The van der Waals surface area contributed by atoms with Crippen LogP contribution in [0.2, 0.25) is 0 Å². The van der Waals surface area contributed by atoms with Crippen molar-refractivity contribution in [2.24, 2.45) is 0 Å². The number of nitrogens with zero attached hydrogens (tertiary/aromatic N) is 1. The first-order valence-corrected chi connectivity index (χ1v) is 5.10. The van der Waals surface area contributed by atoms with Gasteiger partial charge in [0.15, 0.2) is 0 Å². The molecule has 1 rings (SSSR count). The highest BCUT2D eigenvalue weighted by molar-refractivity contribution is 9.10. The minimum Gasteiger partial charge on any atom is -0.496 e. The van der Waals surface area contributed by atoms with E-state index in [9.17, 15) is 4.79 Å². The van der Waals surface area contributed by atoms with Crippen LogP contribution in [0.25, 0.3) is 0 Å². The molecule has 0 saturated carbocycles. The molecule has 0 aliphatic carbocycles. The van der Waals surface area contributed by atoms with Crippen molar-refractivity contribution < 1.29 is 14.6 Å². The Bertz CT molecular complexity index is 368. The zero-order chi connectivity index (χ0) is 11.4. The zero-order valence-corrected chi connectivity index (χ0v) is 10.1. The smallest absolute Gasteiger partial charge is 0.252 e. The first kappa shape index (κ1) is 12.0. The van der Waals surface area contributed by atoms with E-state index in [1.807, 2.05) is 0 Å². The van der Waals surface area contributed by atoms with Crippen molar-refractivity contribution in [2.75, 3.05) is 25.7 Å². The fourth-order valence-corrected chi connectivity index (χ4v) is 1.64. The summed E-state index contributed by atoms with van der Waals surface area (Å²) in [7, 11) is 3.18. The topological polar surface area (TPSA) is 49.8 Å². The average Bonchev–Trinajstić information content (AvgIpc) is 2.26. The first-order valence-electron chi connectivity index (χ1n) is 4.31. The molecule has 0 aliphatic heterocycles. The first-order chi connectivity index (χ1) is 7.10. The van der Waals surface area contributed by atoms with Crippen LogP contribution in [0.1, 0.15) is 0 Å². The molecule has 1 aromatic carbocycles. The molecule has 0 fully saturated rings. The van der Waals surface area contributed by atoms with Crippen LogP contribution in [-0.4, -0.2) is 31.8 Å². The molecule has 0 atom stereocenters. The number of amides is 1. The molecule has 15 heavy (non-hydrogen) atoms. The number of methoxy groups -OCH3 is 1. The third-order valence-electron chi connectivity index (χ3n) is 2.03. The normalized spacial score (nSPS) is 9.87. The molecule has 1 amide bonds. The lowest BCUT2D eigenvalue weighted by molar-refractivity contribution is -0.120. The maximum absolute atomic E-state index is 11.2. The van der Waals surface area contributed by atoms with E-state index in [1.165, 1.54) is 4.90 Å². The van der Waals surface area contributed by atoms with Gasteiger partial charge >= 0.3 is 0 Å². The number of hydrogen-bond donors (Lipinski definition) is 1. The number of carbonyl (C=O) groups is 1. The van der Waals surface area contributed by atoms with Gasteiger partial charge in [-0.25, -0.2) is 0 Å². The summed E-state index contributed by atoms with van der Waals surface area (Å²) >= 11 is 3.32. The van der Waals surface area contributed by atoms with Gasteiger partial charge in [0.2, 0.25) is 0 Å². The SMILES string of the molecule is COc1ccc(N(C)C(=O)CO)cc1Br. The van der Waals surface area contributed by atoms with E-state index >= 15 is 0 Å². The van der Waals surface area contributed by atoms with E-state index < -0.39 is 6.61 Å². The third-order valence-corrected chi connectivity index (χ3v) is 2.65. The number of halogens is 1. The lowest BCUT2D eigenvalue weighted by Gasteiger charge is -2.16. The van der Waals surface area contributed by atoms with E-state index in [4.69, 9.17) is 9.84 Å². The maximum Gasteiger partial charge on any atom is 0.252 e. The number of anilines is 1. The molecule has 0 bridgehead atoms. The standard InChI is InChI=1S/C10H12BrNO3/c1-12(10(14)6-13)7-3-4-9(15-2)8(11)5-7/h3-5,13H,6H2,1-2H3. The van der Waals surface area contributed by atoms with E-state index in [0.717, 1.165) is 4.47 Å². The van der Waals surface area contributed by atoms with Gasteiger partial charge in [-0.3, -0.25) is 4.79 Å². The molecular formula is C10H12BrNO3. The van der Waals surface area contributed by atoms with Gasteiger partial charge in [-0.2, -0.15) is 0 Å². The molecule has 4 nitrogen and oxygen atoms in total. The van der Waals surface area contributed by atoms with E-state index in [2.05, 4.69) is 15.9 Å². The van der Waals surface area contributed by atoms with Crippen LogP contribution >= 0.6 is 15.9 Å². The predicted octanol–water partition coefficient (Wildman–Crippen LogP) is 1.41. The van der Waals surface area contributed by atoms with Crippen molar-refractivity contribution in [2.45, 2.75) is 0 Å². The second kappa shape index (κ2) is 5.14. The van der Waals surface area contributed by atoms with Crippen molar-refractivity contribution >= 4 is 27.5 Å². The second-order valence-electron chi connectivity index (χ2n) is 2.93. The van der Waals surface area contributed by atoms with Gasteiger partial charge in [0, 0.05) is 12.7 Å². The Kier molecular flexibility index (Phi) is 4.11. The quantitative estimate of drug-likeness (QED) is 0.906. The molecule has 1 N–H and O–H groups in total. The van der Waals surface area contributed by atoms with E-state index in [1.54, 1.807) is 32.4 Å². The number of likely N-dealkylation sites (N-methyl/N-ethyl adjacent to an activating group) is 1. The minimum atomic E-state index is -0.500. The molecule has 82 valence electrons. The number of hydrogen-bond acceptors (Lipinski definition) is 3. The molecule has 0 aliphatic rings. The van der Waals surface area contributed by atoms with Crippen LogP contribution in [0, 0.1) is 0 Å². The maximum atomic E-state index is 11.2. The Labute approximate surface area is 96.6 Å². The summed E-state index contributed by atoms with van der Waals surface area (Å²) in [6.07, 6.45) is 0. The average molecular weight is 274 g/mol. The summed E-state index contributed by atoms with van der Waals surface area (Å²) in [6.45, 7) is -0.500. The van der Waals surface area contributed by atoms with Gasteiger partial charge in [0.1, 0.15) is 12.4 Å². The minimum absolute atomic E-state index is 0.355.